The summed E-state index contributed by atoms with van der Waals surface area (Å²) in [4.78, 5) is 10.2. The van der Waals surface area contributed by atoms with Gasteiger partial charge in [0.05, 0.1) is 19.4 Å². The van der Waals surface area contributed by atoms with Gasteiger partial charge in [0.1, 0.15) is 0 Å². The molecule has 0 aliphatic rings. The second kappa shape index (κ2) is 5.24. The first-order valence-corrected chi connectivity index (χ1v) is 2.62. The van der Waals surface area contributed by atoms with Gasteiger partial charge in [0, 0.05) is 0 Å². The summed E-state index contributed by atoms with van der Waals surface area (Å²) in [5, 5.41) is 0. The molecular weight excluding hydrogens is 140 g/mol. The van der Waals surface area contributed by atoms with E-state index >= 15 is 0 Å². The van der Waals surface area contributed by atoms with E-state index in [-0.39, 0.29) is 0 Å². The highest BCUT2D eigenvalue weighted by Gasteiger charge is 1.87. The van der Waals surface area contributed by atoms with Crippen molar-refractivity contribution in [1.29, 1.82) is 0 Å². The second-order valence-corrected chi connectivity index (χ2v) is 1.25. The SMILES string of the molecule is COC(=O)C=COC=S. The molecular formula is C5H6O3S. The first-order chi connectivity index (χ1) is 4.31. The molecule has 0 fully saturated rings. The summed E-state index contributed by atoms with van der Waals surface area (Å²) in [6.45, 7) is 0. The lowest BCUT2D eigenvalue weighted by molar-refractivity contribution is -0.134. The van der Waals surface area contributed by atoms with Crippen molar-refractivity contribution in [2.45, 2.75) is 0 Å². The fourth-order valence-corrected chi connectivity index (χ4v) is 0.259. The van der Waals surface area contributed by atoms with E-state index in [9.17, 15) is 4.79 Å². The lowest BCUT2D eigenvalue weighted by Gasteiger charge is -1.87. The van der Waals surface area contributed by atoms with Crippen molar-refractivity contribution in [3.05, 3.63) is 12.3 Å². The van der Waals surface area contributed by atoms with Gasteiger partial charge in [-0.25, -0.2) is 4.79 Å². The maximum atomic E-state index is 10.2. The van der Waals surface area contributed by atoms with Gasteiger partial charge in [0.15, 0.2) is 5.55 Å². The summed E-state index contributed by atoms with van der Waals surface area (Å²) >= 11 is 4.29. The van der Waals surface area contributed by atoms with Crippen molar-refractivity contribution < 1.29 is 14.3 Å². The Morgan fingerprint density at radius 3 is 2.78 bits per heavy atom. The smallest absolute Gasteiger partial charge is 0.333 e. The molecule has 0 rings (SSSR count). The molecule has 0 spiro atoms. The van der Waals surface area contributed by atoms with Crippen LogP contribution in [0.25, 0.3) is 0 Å². The predicted octanol–water partition coefficient (Wildman–Crippen LogP) is 0.647. The minimum absolute atomic E-state index is 0.466. The van der Waals surface area contributed by atoms with Crippen LogP contribution in [0.15, 0.2) is 12.3 Å². The summed E-state index contributed by atoms with van der Waals surface area (Å²) in [5.41, 5.74) is 1.04. The number of carbonyl (C=O) groups is 1. The summed E-state index contributed by atoms with van der Waals surface area (Å²) in [6, 6.07) is 0. The summed E-state index contributed by atoms with van der Waals surface area (Å²) in [7, 11) is 1.28. The number of ether oxygens (including phenoxy) is 2. The van der Waals surface area contributed by atoms with E-state index in [2.05, 4.69) is 21.7 Å². The van der Waals surface area contributed by atoms with Gasteiger partial charge in [-0.1, -0.05) is 0 Å². The lowest BCUT2D eigenvalue weighted by Crippen LogP contribution is -1.93. The largest absolute Gasteiger partial charge is 0.466 e. The fourth-order valence-electron chi connectivity index (χ4n) is 0.195. The van der Waals surface area contributed by atoms with Gasteiger partial charge in [0.25, 0.3) is 0 Å². The molecule has 0 saturated heterocycles. The molecule has 0 bridgehead atoms. The van der Waals surface area contributed by atoms with Crippen molar-refractivity contribution in [2.24, 2.45) is 0 Å². The van der Waals surface area contributed by atoms with Gasteiger partial charge in [-0.15, -0.1) is 0 Å². The first kappa shape index (κ1) is 8.10. The summed E-state index contributed by atoms with van der Waals surface area (Å²) < 4.78 is 8.66. The molecule has 50 valence electrons. The highest BCUT2D eigenvalue weighted by atomic mass is 32.1. The third-order valence-corrected chi connectivity index (χ3v) is 0.651. The first-order valence-electron chi connectivity index (χ1n) is 2.15. The third-order valence-electron chi connectivity index (χ3n) is 0.539. The highest BCUT2D eigenvalue weighted by molar-refractivity contribution is 7.78. The average molecular weight is 146 g/mol. The van der Waals surface area contributed by atoms with Gasteiger partial charge in [-0.05, 0) is 12.2 Å². The quantitative estimate of drug-likeness (QED) is 0.253. The molecule has 0 atom stereocenters. The number of methoxy groups -OCH3 is 1. The Balaban J connectivity index is 3.43. The van der Waals surface area contributed by atoms with Crippen LogP contribution in [0.2, 0.25) is 0 Å². The van der Waals surface area contributed by atoms with E-state index < -0.39 is 5.97 Å². The average Bonchev–Trinajstić information content (AvgIpc) is 1.89. The monoisotopic (exact) mass is 146 g/mol. The predicted molar refractivity (Wildman–Crippen MR) is 35.9 cm³/mol. The van der Waals surface area contributed by atoms with Crippen LogP contribution in [0, 0.1) is 0 Å². The van der Waals surface area contributed by atoms with Crippen molar-refractivity contribution in [3.8, 4) is 0 Å². The van der Waals surface area contributed by atoms with Crippen LogP contribution in [-0.4, -0.2) is 18.6 Å². The van der Waals surface area contributed by atoms with Crippen molar-refractivity contribution in [1.82, 2.24) is 0 Å². The van der Waals surface area contributed by atoms with E-state index in [0.29, 0.717) is 0 Å². The Morgan fingerprint density at radius 1 is 1.67 bits per heavy atom. The minimum Gasteiger partial charge on any atom is -0.466 e. The van der Waals surface area contributed by atoms with Crippen LogP contribution >= 0.6 is 12.2 Å². The lowest BCUT2D eigenvalue weighted by atomic mass is 10.6. The molecule has 0 aliphatic heterocycles. The molecule has 0 heterocycles. The third kappa shape index (κ3) is 4.96. The van der Waals surface area contributed by atoms with E-state index in [1.165, 1.54) is 7.11 Å². The highest BCUT2D eigenvalue weighted by Crippen LogP contribution is 1.77. The Hall–Kier alpha value is -0.900. The van der Waals surface area contributed by atoms with Crippen LogP contribution < -0.4 is 0 Å². The molecule has 0 aliphatic carbocycles. The van der Waals surface area contributed by atoms with E-state index in [1.807, 2.05) is 0 Å². The molecule has 0 aromatic rings. The second-order valence-electron chi connectivity index (χ2n) is 1.06. The molecule has 0 N–H and O–H groups in total. The van der Waals surface area contributed by atoms with Gasteiger partial charge < -0.3 is 9.47 Å². The van der Waals surface area contributed by atoms with E-state index in [1.54, 1.807) is 0 Å². The molecule has 0 saturated carbocycles. The molecule has 4 heteroatoms. The van der Waals surface area contributed by atoms with Gasteiger partial charge >= 0.3 is 5.97 Å². The van der Waals surface area contributed by atoms with Gasteiger partial charge in [-0.2, -0.15) is 0 Å². The zero-order valence-corrected chi connectivity index (χ0v) is 5.68. The standard InChI is InChI=1S/C5H6O3S/c1-7-5(6)2-3-8-4-9/h2-4H,1H3. The molecule has 0 amide bonds. The van der Waals surface area contributed by atoms with Crippen LogP contribution in [0.1, 0.15) is 0 Å². The zero-order valence-electron chi connectivity index (χ0n) is 4.87. The van der Waals surface area contributed by atoms with Crippen LogP contribution in [0.4, 0.5) is 0 Å². The van der Waals surface area contributed by atoms with Gasteiger partial charge in [0.2, 0.25) is 0 Å². The van der Waals surface area contributed by atoms with Crippen LogP contribution in [-0.2, 0) is 14.3 Å². The van der Waals surface area contributed by atoms with Crippen LogP contribution in [0.5, 0.6) is 0 Å². The number of thiocarbonyl (C=S) groups is 1. The molecule has 9 heavy (non-hydrogen) atoms. The molecule has 0 unspecified atom stereocenters. The Bertz CT molecular complexity index is 130. The molecule has 0 aromatic heterocycles. The molecule has 0 radical (unpaired) electrons. The fraction of sp³-hybridized carbons (Fsp3) is 0.200. The number of hydrogen-bond donors (Lipinski definition) is 0. The number of carbonyl (C=O) groups excluding carboxylic acids is 1. The number of hydrogen-bond acceptors (Lipinski definition) is 4. The molecule has 3 nitrogen and oxygen atoms in total. The Morgan fingerprint density at radius 2 is 2.33 bits per heavy atom. The number of esters is 1. The maximum Gasteiger partial charge on any atom is 0.333 e. The Kier molecular flexibility index (Phi) is 4.72. The summed E-state index contributed by atoms with van der Waals surface area (Å²) in [6.07, 6.45) is 2.28. The Labute approximate surface area is 58.3 Å². The van der Waals surface area contributed by atoms with Gasteiger partial charge in [-0.3, -0.25) is 0 Å². The van der Waals surface area contributed by atoms with Crippen molar-refractivity contribution >= 4 is 23.7 Å². The van der Waals surface area contributed by atoms with Crippen LogP contribution in [0.3, 0.4) is 0 Å². The number of rotatable bonds is 3. The van der Waals surface area contributed by atoms with E-state index in [0.717, 1.165) is 17.9 Å². The van der Waals surface area contributed by atoms with Crippen molar-refractivity contribution in [3.63, 3.8) is 0 Å². The minimum atomic E-state index is -0.466. The normalized spacial score (nSPS) is 9.00. The van der Waals surface area contributed by atoms with Crippen molar-refractivity contribution in [2.75, 3.05) is 7.11 Å². The van der Waals surface area contributed by atoms with E-state index in [4.69, 9.17) is 0 Å². The summed E-state index contributed by atoms with van der Waals surface area (Å²) in [5.74, 6) is -0.466. The zero-order chi connectivity index (χ0) is 7.11. The topological polar surface area (TPSA) is 35.5 Å². The maximum absolute atomic E-state index is 10.2. The molecule has 0 aromatic carbocycles.